The Labute approximate surface area is 128 Å². The van der Waals surface area contributed by atoms with Gasteiger partial charge in [0.2, 0.25) is 5.91 Å². The van der Waals surface area contributed by atoms with Crippen LogP contribution in [0.3, 0.4) is 0 Å². The maximum absolute atomic E-state index is 13.0. The zero-order valence-electron chi connectivity index (χ0n) is 13.5. The van der Waals surface area contributed by atoms with Crippen molar-refractivity contribution >= 4 is 5.91 Å². The van der Waals surface area contributed by atoms with Crippen molar-refractivity contribution < 1.29 is 9.53 Å². The normalized spacial score (nSPS) is 27.5. The number of rotatable bonds is 6. The average Bonchev–Trinajstić information content (AvgIpc) is 3.05. The van der Waals surface area contributed by atoms with Gasteiger partial charge >= 0.3 is 0 Å². The molecule has 3 aliphatic rings. The molecule has 0 spiro atoms. The van der Waals surface area contributed by atoms with Crippen molar-refractivity contribution in [1.82, 2.24) is 10.2 Å². The molecule has 1 amide bonds. The third-order valence-electron chi connectivity index (χ3n) is 5.85. The van der Waals surface area contributed by atoms with E-state index in [4.69, 9.17) is 4.74 Å². The van der Waals surface area contributed by atoms with Crippen LogP contribution in [0, 0.1) is 5.41 Å². The minimum atomic E-state index is -0.197. The number of nitrogens with one attached hydrogen (secondary N) is 1. The van der Waals surface area contributed by atoms with E-state index in [0.29, 0.717) is 5.91 Å². The van der Waals surface area contributed by atoms with E-state index in [0.717, 1.165) is 39.1 Å². The first-order valence-corrected chi connectivity index (χ1v) is 8.73. The van der Waals surface area contributed by atoms with Crippen molar-refractivity contribution in [2.24, 2.45) is 5.41 Å². The van der Waals surface area contributed by atoms with Gasteiger partial charge in [0.05, 0.1) is 6.61 Å². The highest BCUT2D eigenvalue weighted by molar-refractivity contribution is 5.86. The second kappa shape index (κ2) is 6.25. The fourth-order valence-corrected chi connectivity index (χ4v) is 4.26. The van der Waals surface area contributed by atoms with Gasteiger partial charge in [0.15, 0.2) is 0 Å². The topological polar surface area (TPSA) is 41.6 Å². The monoisotopic (exact) mass is 294 g/mol. The highest BCUT2D eigenvalue weighted by atomic mass is 16.5. The number of hydrogen-bond donors (Lipinski definition) is 1. The van der Waals surface area contributed by atoms with Crippen molar-refractivity contribution in [2.45, 2.75) is 63.3 Å². The Morgan fingerprint density at radius 1 is 1.05 bits per heavy atom. The smallest absolute Gasteiger partial charge is 0.240 e. The number of carbonyl (C=O) groups is 1. The Hall–Kier alpha value is -0.610. The number of nitrogens with zero attached hydrogens (tertiary/aromatic N) is 1. The summed E-state index contributed by atoms with van der Waals surface area (Å²) in [5, 5.41) is 3.30. The molecule has 4 nitrogen and oxygen atoms in total. The molecule has 1 heterocycles. The lowest BCUT2D eigenvalue weighted by Gasteiger charge is -2.43. The van der Waals surface area contributed by atoms with Crippen LogP contribution in [0.1, 0.15) is 57.8 Å². The van der Waals surface area contributed by atoms with Crippen LogP contribution in [-0.4, -0.2) is 49.7 Å². The van der Waals surface area contributed by atoms with E-state index in [1.54, 1.807) is 7.11 Å². The Morgan fingerprint density at radius 3 is 2.29 bits per heavy atom. The van der Waals surface area contributed by atoms with Crippen LogP contribution < -0.4 is 5.32 Å². The van der Waals surface area contributed by atoms with Gasteiger partial charge < -0.3 is 10.1 Å². The van der Waals surface area contributed by atoms with Gasteiger partial charge in [0, 0.05) is 19.1 Å². The van der Waals surface area contributed by atoms with Crippen molar-refractivity contribution in [1.29, 1.82) is 0 Å². The van der Waals surface area contributed by atoms with Crippen molar-refractivity contribution in [3.05, 3.63) is 0 Å². The molecule has 0 radical (unpaired) electrons. The fraction of sp³-hybridized carbons (Fsp3) is 0.941. The van der Waals surface area contributed by atoms with Crippen LogP contribution in [-0.2, 0) is 9.53 Å². The molecule has 21 heavy (non-hydrogen) atoms. The van der Waals surface area contributed by atoms with E-state index in [1.165, 1.54) is 44.9 Å². The molecule has 120 valence electrons. The maximum Gasteiger partial charge on any atom is 0.240 e. The molecule has 4 heteroatoms. The predicted octanol–water partition coefficient (Wildman–Crippen LogP) is 2.33. The largest absolute Gasteiger partial charge is 0.384 e. The third kappa shape index (κ3) is 3.11. The first kappa shape index (κ1) is 15.3. The zero-order chi connectivity index (χ0) is 14.8. The van der Waals surface area contributed by atoms with Gasteiger partial charge in [0.25, 0.3) is 0 Å². The molecule has 3 rings (SSSR count). The molecule has 0 aromatic rings. The molecule has 1 aliphatic heterocycles. The van der Waals surface area contributed by atoms with E-state index in [9.17, 15) is 4.79 Å². The summed E-state index contributed by atoms with van der Waals surface area (Å²) in [5.74, 6) is 0.298. The molecule has 2 saturated carbocycles. The lowest BCUT2D eigenvalue weighted by atomic mass is 9.79. The Kier molecular flexibility index (Phi) is 4.55. The summed E-state index contributed by atoms with van der Waals surface area (Å²) in [5.41, 5.74) is 0.0448. The van der Waals surface area contributed by atoms with Gasteiger partial charge in [-0.3, -0.25) is 9.69 Å². The van der Waals surface area contributed by atoms with Gasteiger partial charge in [-0.15, -0.1) is 0 Å². The average molecular weight is 294 g/mol. The van der Waals surface area contributed by atoms with Gasteiger partial charge in [-0.05, 0) is 51.6 Å². The van der Waals surface area contributed by atoms with Crippen LogP contribution in [0.5, 0.6) is 0 Å². The van der Waals surface area contributed by atoms with E-state index < -0.39 is 0 Å². The number of carbonyl (C=O) groups excluding carboxylic acids is 1. The summed E-state index contributed by atoms with van der Waals surface area (Å²) in [7, 11) is 1.76. The Balaban J connectivity index is 1.63. The third-order valence-corrected chi connectivity index (χ3v) is 5.85. The number of ether oxygens (including phenoxy) is 1. The molecule has 0 unspecified atom stereocenters. The number of hydrogen-bond acceptors (Lipinski definition) is 3. The number of likely N-dealkylation sites (tertiary alicyclic amines) is 1. The lowest BCUT2D eigenvalue weighted by Crippen LogP contribution is -2.59. The Bertz CT molecular complexity index is 367. The van der Waals surface area contributed by atoms with E-state index in [1.807, 2.05) is 0 Å². The van der Waals surface area contributed by atoms with E-state index in [-0.39, 0.29) is 11.0 Å². The van der Waals surface area contributed by atoms with Crippen LogP contribution in [0.4, 0.5) is 0 Å². The second-order valence-electron chi connectivity index (χ2n) is 7.40. The van der Waals surface area contributed by atoms with Gasteiger partial charge in [-0.2, -0.15) is 0 Å². The van der Waals surface area contributed by atoms with Crippen molar-refractivity contribution in [3.8, 4) is 0 Å². The summed E-state index contributed by atoms with van der Waals surface area (Å²) < 4.78 is 5.31. The molecule has 1 N–H and O–H groups in total. The van der Waals surface area contributed by atoms with Crippen LogP contribution in [0.25, 0.3) is 0 Å². The molecule has 2 aliphatic carbocycles. The predicted molar refractivity (Wildman–Crippen MR) is 83.2 cm³/mol. The molecule has 0 aromatic carbocycles. The first-order chi connectivity index (χ1) is 10.2. The molecule has 0 bridgehead atoms. The quantitative estimate of drug-likeness (QED) is 0.817. The Morgan fingerprint density at radius 2 is 1.71 bits per heavy atom. The van der Waals surface area contributed by atoms with E-state index in [2.05, 4.69) is 10.2 Å². The number of methoxy groups -OCH3 is 1. The maximum atomic E-state index is 13.0. The SMILES string of the molecule is COCC1(CNC(=O)C2(N3CCCC3)CCCCC2)CC1. The zero-order valence-corrected chi connectivity index (χ0v) is 13.5. The standard InChI is InChI=1S/C17H30N2O2/c1-21-14-16(9-10-16)13-18-15(20)17(7-3-2-4-8-17)19-11-5-6-12-19/h2-14H2,1H3,(H,18,20). The van der Waals surface area contributed by atoms with E-state index >= 15 is 0 Å². The molecule has 0 aromatic heterocycles. The molecular weight excluding hydrogens is 264 g/mol. The minimum absolute atomic E-state index is 0.197. The molecule has 1 saturated heterocycles. The van der Waals surface area contributed by atoms with Crippen molar-refractivity contribution in [2.75, 3.05) is 33.4 Å². The number of amides is 1. The van der Waals surface area contributed by atoms with Gasteiger partial charge in [0.1, 0.15) is 5.54 Å². The molecule has 0 atom stereocenters. The first-order valence-electron chi connectivity index (χ1n) is 8.73. The minimum Gasteiger partial charge on any atom is -0.384 e. The summed E-state index contributed by atoms with van der Waals surface area (Å²) in [6.45, 7) is 3.80. The summed E-state index contributed by atoms with van der Waals surface area (Å²) >= 11 is 0. The van der Waals surface area contributed by atoms with Gasteiger partial charge in [-0.25, -0.2) is 0 Å². The highest BCUT2D eigenvalue weighted by Gasteiger charge is 2.48. The molecular formula is C17H30N2O2. The van der Waals surface area contributed by atoms with Gasteiger partial charge in [-0.1, -0.05) is 19.3 Å². The van der Waals surface area contributed by atoms with Crippen molar-refractivity contribution in [3.63, 3.8) is 0 Å². The van der Waals surface area contributed by atoms with Crippen LogP contribution in [0.15, 0.2) is 0 Å². The van der Waals surface area contributed by atoms with Crippen LogP contribution >= 0.6 is 0 Å². The lowest BCUT2D eigenvalue weighted by molar-refractivity contribution is -0.135. The molecule has 3 fully saturated rings. The summed E-state index contributed by atoms with van der Waals surface area (Å²) in [6, 6.07) is 0. The summed E-state index contributed by atoms with van der Waals surface area (Å²) in [6.07, 6.45) is 10.7. The highest BCUT2D eigenvalue weighted by Crippen LogP contribution is 2.45. The second-order valence-corrected chi connectivity index (χ2v) is 7.40. The summed E-state index contributed by atoms with van der Waals surface area (Å²) in [4.78, 5) is 15.5. The van der Waals surface area contributed by atoms with Crippen LogP contribution in [0.2, 0.25) is 0 Å². The fourth-order valence-electron chi connectivity index (χ4n) is 4.26.